The highest BCUT2D eigenvalue weighted by Crippen LogP contribution is 2.36. The van der Waals surface area contributed by atoms with Gasteiger partial charge in [-0.3, -0.25) is 4.68 Å². The number of nitrogens with zero attached hydrogens (tertiary/aromatic N) is 2. The number of hydrogen-bond acceptors (Lipinski definition) is 1. The number of rotatable bonds is 2. The van der Waals surface area contributed by atoms with Crippen molar-refractivity contribution in [2.24, 2.45) is 0 Å². The summed E-state index contributed by atoms with van der Waals surface area (Å²) in [5.41, 5.74) is -0.0557. The van der Waals surface area contributed by atoms with Crippen LogP contribution >= 0.6 is 39.1 Å². The molecule has 1 heterocycles. The highest BCUT2D eigenvalue weighted by atomic mass is 79.9. The van der Waals surface area contributed by atoms with Crippen molar-refractivity contribution in [2.75, 3.05) is 0 Å². The summed E-state index contributed by atoms with van der Waals surface area (Å²) >= 11 is 15.5. The van der Waals surface area contributed by atoms with Crippen LogP contribution in [0.2, 0.25) is 10.0 Å². The van der Waals surface area contributed by atoms with E-state index in [1.54, 1.807) is 30.3 Å². The maximum absolute atomic E-state index is 13.2. The van der Waals surface area contributed by atoms with Gasteiger partial charge >= 0.3 is 6.18 Å². The predicted molar refractivity (Wildman–Crippen MR) is 88.0 cm³/mol. The van der Waals surface area contributed by atoms with Crippen molar-refractivity contribution < 1.29 is 13.2 Å². The Kier molecular flexibility index (Phi) is 4.33. The van der Waals surface area contributed by atoms with Crippen molar-refractivity contribution in [1.29, 1.82) is 0 Å². The van der Waals surface area contributed by atoms with Crippen LogP contribution in [0.5, 0.6) is 0 Å². The van der Waals surface area contributed by atoms with Gasteiger partial charge in [0.1, 0.15) is 0 Å². The first kappa shape index (κ1) is 16.6. The summed E-state index contributed by atoms with van der Waals surface area (Å²) in [5, 5.41) is 4.52. The number of alkyl halides is 3. The summed E-state index contributed by atoms with van der Waals surface area (Å²) in [6.45, 7) is 0.0432. The molecule has 23 heavy (non-hydrogen) atoms. The summed E-state index contributed by atoms with van der Waals surface area (Å²) in [6.07, 6.45) is -4.54. The first-order valence-corrected chi connectivity index (χ1v) is 7.98. The second kappa shape index (κ2) is 6.00. The SMILES string of the molecule is FC(F)(F)c1nn(Cc2c(Cl)cccc2Cl)c2cc(Br)ccc12. The molecule has 2 nitrogen and oxygen atoms in total. The molecule has 0 bridgehead atoms. The van der Waals surface area contributed by atoms with Crippen LogP contribution in [0.3, 0.4) is 0 Å². The van der Waals surface area contributed by atoms with Gasteiger partial charge in [-0.05, 0) is 30.3 Å². The minimum atomic E-state index is -4.54. The molecule has 0 unspecified atom stereocenters. The minimum Gasteiger partial charge on any atom is -0.260 e. The molecule has 8 heteroatoms. The third kappa shape index (κ3) is 3.20. The molecule has 3 rings (SSSR count). The summed E-state index contributed by atoms with van der Waals surface area (Å²) in [4.78, 5) is 0. The lowest BCUT2D eigenvalue weighted by Gasteiger charge is -2.08. The summed E-state index contributed by atoms with van der Waals surface area (Å²) in [7, 11) is 0. The molecular weight excluding hydrogens is 416 g/mol. The first-order chi connectivity index (χ1) is 10.8. The molecule has 0 saturated heterocycles. The molecule has 0 spiro atoms. The number of fused-ring (bicyclic) bond motifs is 1. The van der Waals surface area contributed by atoms with E-state index in [0.29, 0.717) is 25.6 Å². The van der Waals surface area contributed by atoms with Gasteiger partial charge in [0.2, 0.25) is 0 Å². The van der Waals surface area contributed by atoms with Gasteiger partial charge in [-0.2, -0.15) is 18.3 Å². The number of aromatic nitrogens is 2. The zero-order chi connectivity index (χ0) is 16.8. The standard InChI is InChI=1S/C15H8BrCl2F3N2/c16-8-4-5-9-13(6-8)23(22-14(9)15(19,20)21)7-10-11(17)2-1-3-12(10)18/h1-6H,7H2. The van der Waals surface area contributed by atoms with E-state index in [-0.39, 0.29) is 11.9 Å². The van der Waals surface area contributed by atoms with E-state index in [0.717, 1.165) is 0 Å². The van der Waals surface area contributed by atoms with Gasteiger partial charge in [0.05, 0.1) is 12.1 Å². The van der Waals surface area contributed by atoms with Gasteiger partial charge in [-0.1, -0.05) is 45.2 Å². The summed E-state index contributed by atoms with van der Waals surface area (Å²) in [5.74, 6) is 0. The molecule has 0 aliphatic rings. The topological polar surface area (TPSA) is 17.8 Å². The molecule has 0 N–H and O–H groups in total. The molecule has 3 aromatic rings. The Morgan fingerprint density at radius 2 is 1.74 bits per heavy atom. The van der Waals surface area contributed by atoms with Crippen molar-refractivity contribution in [2.45, 2.75) is 12.7 Å². The lowest BCUT2D eigenvalue weighted by Crippen LogP contribution is -2.09. The van der Waals surface area contributed by atoms with E-state index in [4.69, 9.17) is 23.2 Å². The summed E-state index contributed by atoms with van der Waals surface area (Å²) in [6, 6.07) is 9.46. The monoisotopic (exact) mass is 422 g/mol. The maximum atomic E-state index is 13.2. The van der Waals surface area contributed by atoms with Crippen molar-refractivity contribution in [3.8, 4) is 0 Å². The third-order valence-corrected chi connectivity index (χ3v) is 4.55. The molecule has 0 atom stereocenters. The predicted octanol–water partition coefficient (Wildman–Crippen LogP) is 6.17. The molecule has 1 aromatic heterocycles. The zero-order valence-corrected chi connectivity index (χ0v) is 14.4. The number of halogens is 6. The Hall–Kier alpha value is -1.24. The average Bonchev–Trinajstić information content (AvgIpc) is 2.81. The van der Waals surface area contributed by atoms with Gasteiger partial charge in [-0.15, -0.1) is 0 Å². The molecule has 0 fully saturated rings. The van der Waals surface area contributed by atoms with Crippen LogP contribution in [-0.2, 0) is 12.7 Å². The summed E-state index contributed by atoms with van der Waals surface area (Å²) < 4.78 is 41.5. The van der Waals surface area contributed by atoms with E-state index >= 15 is 0 Å². The first-order valence-electron chi connectivity index (χ1n) is 6.43. The lowest BCUT2D eigenvalue weighted by molar-refractivity contribution is -0.140. The van der Waals surface area contributed by atoms with Gasteiger partial charge in [-0.25, -0.2) is 0 Å². The molecule has 0 saturated carbocycles. The van der Waals surface area contributed by atoms with Crippen LogP contribution in [-0.4, -0.2) is 9.78 Å². The van der Waals surface area contributed by atoms with E-state index in [1.165, 1.54) is 10.7 Å². The second-order valence-corrected chi connectivity index (χ2v) is 6.60. The van der Waals surface area contributed by atoms with Crippen LogP contribution in [0, 0.1) is 0 Å². The lowest BCUT2D eigenvalue weighted by atomic mass is 10.2. The fourth-order valence-corrected chi connectivity index (χ4v) is 3.18. The van der Waals surface area contributed by atoms with Crippen LogP contribution in [0.15, 0.2) is 40.9 Å². The molecule has 0 aliphatic carbocycles. The Morgan fingerprint density at radius 3 is 2.35 bits per heavy atom. The van der Waals surface area contributed by atoms with Crippen molar-refractivity contribution in [3.05, 3.63) is 62.2 Å². The Labute approximate surface area is 147 Å². The van der Waals surface area contributed by atoms with Crippen LogP contribution in [0.1, 0.15) is 11.3 Å². The molecule has 0 amide bonds. The van der Waals surface area contributed by atoms with Crippen LogP contribution < -0.4 is 0 Å². The largest absolute Gasteiger partial charge is 0.435 e. The Morgan fingerprint density at radius 1 is 1.09 bits per heavy atom. The fourth-order valence-electron chi connectivity index (χ4n) is 2.31. The number of hydrogen-bond donors (Lipinski definition) is 0. The molecular formula is C15H8BrCl2F3N2. The highest BCUT2D eigenvalue weighted by Gasteiger charge is 2.36. The van der Waals surface area contributed by atoms with Gasteiger partial charge in [0.15, 0.2) is 5.69 Å². The Bertz CT molecular complexity index is 870. The fraction of sp³-hybridized carbons (Fsp3) is 0.133. The van der Waals surface area contributed by atoms with Gasteiger partial charge in [0, 0.05) is 25.5 Å². The van der Waals surface area contributed by atoms with Crippen LogP contribution in [0.25, 0.3) is 10.9 Å². The smallest absolute Gasteiger partial charge is 0.260 e. The van der Waals surface area contributed by atoms with Gasteiger partial charge in [0.25, 0.3) is 0 Å². The van der Waals surface area contributed by atoms with Crippen LogP contribution in [0.4, 0.5) is 13.2 Å². The van der Waals surface area contributed by atoms with E-state index in [1.807, 2.05) is 0 Å². The van der Waals surface area contributed by atoms with Crippen molar-refractivity contribution in [3.63, 3.8) is 0 Å². The van der Waals surface area contributed by atoms with Crippen molar-refractivity contribution >= 4 is 50.0 Å². The molecule has 0 radical (unpaired) electrons. The van der Waals surface area contributed by atoms with E-state index in [9.17, 15) is 13.2 Å². The van der Waals surface area contributed by atoms with E-state index in [2.05, 4.69) is 21.0 Å². The van der Waals surface area contributed by atoms with E-state index < -0.39 is 11.9 Å². The normalized spacial score (nSPS) is 12.1. The third-order valence-electron chi connectivity index (χ3n) is 3.35. The highest BCUT2D eigenvalue weighted by molar-refractivity contribution is 9.10. The molecule has 120 valence electrons. The quantitative estimate of drug-likeness (QED) is 0.481. The Balaban J connectivity index is 2.20. The average molecular weight is 424 g/mol. The van der Waals surface area contributed by atoms with Crippen molar-refractivity contribution in [1.82, 2.24) is 9.78 Å². The molecule has 0 aliphatic heterocycles. The van der Waals surface area contributed by atoms with Gasteiger partial charge < -0.3 is 0 Å². The molecule has 2 aromatic carbocycles. The number of benzene rings is 2. The zero-order valence-electron chi connectivity index (χ0n) is 11.3. The maximum Gasteiger partial charge on any atom is 0.435 e. The minimum absolute atomic E-state index is 0.0314. The second-order valence-electron chi connectivity index (χ2n) is 4.87.